The van der Waals surface area contributed by atoms with E-state index in [1.807, 2.05) is 0 Å². The van der Waals surface area contributed by atoms with Gasteiger partial charge in [-0.2, -0.15) is 0 Å². The summed E-state index contributed by atoms with van der Waals surface area (Å²) in [6.45, 7) is -4.78. The smallest absolute Gasteiger partial charge is 0.756 e. The van der Waals surface area contributed by atoms with Gasteiger partial charge >= 0.3 is 41.5 Å². The van der Waals surface area contributed by atoms with E-state index in [1.54, 1.807) is 0 Å². The van der Waals surface area contributed by atoms with Crippen molar-refractivity contribution in [3.8, 4) is 0 Å². The normalized spacial score (nSPS) is 27.6. The van der Waals surface area contributed by atoms with Crippen LogP contribution in [0.3, 0.4) is 0 Å². The molecule has 8 nitrogen and oxygen atoms in total. The molecule has 0 bridgehead atoms. The maximum atomic E-state index is 13.2. The SMILES string of the molecule is [2H]C([2H])([2H])C([2H])([2H])C([2H])([2H])C([2H])([2H])C([2H])([2H])C([2H])([2H])C([2H])([2H])C([2H])([2H])C([2H])([2H])C([2H])([2H])C([2H])([2H])C([2H])([2H])C([2H])([2H])C([2H])([2H])C([2H])([2H])C(=O)OC[C@H](COP(=O)([O-])O)OC(=O)CCCCCCC/C=C/CCCCCCCC.[Na+]. The van der Waals surface area contributed by atoms with Gasteiger partial charge in [0.2, 0.25) is 0 Å². The number of carbonyl (C=O) groups excluding carboxylic acids is 2. The van der Waals surface area contributed by atoms with E-state index >= 15 is 0 Å². The van der Waals surface area contributed by atoms with Crippen LogP contribution >= 0.6 is 7.82 Å². The van der Waals surface area contributed by atoms with E-state index in [9.17, 15) is 19.0 Å². The molecule has 0 aliphatic heterocycles. The first-order valence-electron chi connectivity index (χ1n) is 30.7. The maximum Gasteiger partial charge on any atom is 1.00 e. The average Bonchev–Trinajstić information content (AvgIpc) is 3.26. The van der Waals surface area contributed by atoms with Crippen LogP contribution in [0, 0.1) is 0 Å². The van der Waals surface area contributed by atoms with Gasteiger partial charge in [0.25, 0.3) is 7.82 Å². The Morgan fingerprint density at radius 3 is 1.77 bits per heavy atom. The van der Waals surface area contributed by atoms with Crippen molar-refractivity contribution in [3.05, 3.63) is 12.2 Å². The summed E-state index contributed by atoms with van der Waals surface area (Å²) in [5.41, 5.74) is 0. The van der Waals surface area contributed by atoms with Gasteiger partial charge in [-0.3, -0.25) is 14.2 Å². The summed E-state index contributed by atoms with van der Waals surface area (Å²) in [7, 11) is -5.61. The third kappa shape index (κ3) is 40.1. The zero-order valence-corrected chi connectivity index (χ0v) is 30.2. The van der Waals surface area contributed by atoms with Gasteiger partial charge < -0.3 is 23.8 Å². The Labute approximate surface area is 354 Å². The molecule has 2 atom stereocenters. The molecule has 0 rings (SSSR count). The van der Waals surface area contributed by atoms with Gasteiger partial charge in [-0.1, -0.05) is 154 Å². The van der Waals surface area contributed by atoms with Gasteiger partial charge in [-0.15, -0.1) is 0 Å². The molecule has 1 N–H and O–H groups in total. The number of hydrogen-bond donors (Lipinski definition) is 1. The fraction of sp³-hybridized carbons (Fsp3) is 0.892. The maximum absolute atomic E-state index is 13.2. The molecule has 272 valence electrons. The van der Waals surface area contributed by atoms with Crippen LogP contribution in [0.4, 0.5) is 0 Å². The van der Waals surface area contributed by atoms with Crippen molar-refractivity contribution in [1.82, 2.24) is 0 Å². The minimum atomic E-state index is -5.61. The second kappa shape index (κ2) is 37.1. The molecule has 47 heavy (non-hydrogen) atoms. The zero-order chi connectivity index (χ0) is 61.6. The average molecular weight is 728 g/mol. The molecule has 0 aromatic heterocycles. The Morgan fingerprint density at radius 2 is 1.23 bits per heavy atom. The van der Waals surface area contributed by atoms with Crippen molar-refractivity contribution in [2.45, 2.75) is 199 Å². The molecule has 0 aromatic carbocycles. The number of carbonyl (C=O) groups is 2. The van der Waals surface area contributed by atoms with Gasteiger partial charge in [0, 0.05) is 55.3 Å². The minimum absolute atomic E-state index is 0. The summed E-state index contributed by atoms with van der Waals surface area (Å²) in [4.78, 5) is 46.3. The standard InChI is InChI=1S/C37H71O8P.Na/c1-3-5-7-9-11-13-15-17-18-20-22-24-26-28-30-32-37(39)45-35(34-44-46(40,41)42)33-43-36(38)31-29-27-25-23-21-19-16-14-12-10-8-6-4-2;/h17-18,35H,3-16,19-34H2,1-2H3,(H2,40,41,42);/q;+1/p-1/b18-17+;/t35-;/m1./s1/i2D3,4D2,6D2,8D2,10D2,12D2,14D2,16D2,19D2,21D2,23D2,25D2,27D2,29D2,31D2;. The molecule has 0 heterocycles. The van der Waals surface area contributed by atoms with E-state index in [-0.39, 0.29) is 42.4 Å². The predicted octanol–water partition coefficient (Wildman–Crippen LogP) is 7.44. The number of ether oxygens (including phenoxy) is 2. The third-order valence-electron chi connectivity index (χ3n) is 5.68. The number of hydrogen-bond acceptors (Lipinski definition) is 7. The second-order valence-electron chi connectivity index (χ2n) is 9.56. The molecule has 0 fully saturated rings. The molecular weight excluding hydrogens is 626 g/mol. The van der Waals surface area contributed by atoms with Gasteiger partial charge in [-0.25, -0.2) is 0 Å². The Bertz CT molecular complexity index is 2010. The molecule has 0 radical (unpaired) electrons. The topological polar surface area (TPSA) is 122 Å². The van der Waals surface area contributed by atoms with E-state index in [1.165, 1.54) is 32.1 Å². The van der Waals surface area contributed by atoms with E-state index in [0.29, 0.717) is 12.8 Å². The van der Waals surface area contributed by atoms with Gasteiger partial charge in [0.05, 0.1) is 6.61 Å². The first-order valence-corrected chi connectivity index (χ1v) is 16.6. The van der Waals surface area contributed by atoms with Crippen LogP contribution in [-0.4, -0.2) is 36.1 Å². The van der Waals surface area contributed by atoms with E-state index in [0.717, 1.165) is 32.1 Å². The quantitative estimate of drug-likeness (QED) is 0.0235. The third-order valence-corrected chi connectivity index (χ3v) is 6.15. The van der Waals surface area contributed by atoms with E-state index < -0.39 is 135 Å². The largest absolute Gasteiger partial charge is 1.00 e. The first-order chi connectivity index (χ1) is 34.0. The summed E-state index contributed by atoms with van der Waals surface area (Å²) in [5, 5.41) is 0. The Morgan fingerprint density at radius 1 is 0.745 bits per heavy atom. The number of rotatable bonds is 35. The van der Waals surface area contributed by atoms with Crippen LogP contribution < -0.4 is 34.5 Å². The molecule has 0 saturated carbocycles. The molecule has 0 amide bonds. The predicted molar refractivity (Wildman–Crippen MR) is 186 cm³/mol. The molecule has 0 aromatic rings. The molecule has 0 saturated heterocycles. The molecule has 1 unspecified atom stereocenters. The number of unbranched alkanes of at least 4 members (excludes halogenated alkanes) is 11. The molecule has 0 aliphatic rings. The summed E-state index contributed by atoms with van der Waals surface area (Å²) in [6, 6.07) is 0. The monoisotopic (exact) mass is 728 g/mol. The number of phosphoric acid groups is 1. The van der Waals surface area contributed by atoms with Gasteiger partial charge in [0.1, 0.15) is 6.61 Å². The van der Waals surface area contributed by atoms with Crippen molar-refractivity contribution in [3.63, 3.8) is 0 Å². The minimum Gasteiger partial charge on any atom is -0.756 e. The van der Waals surface area contributed by atoms with Crippen LogP contribution in [0.15, 0.2) is 12.2 Å². The van der Waals surface area contributed by atoms with Crippen molar-refractivity contribution in [1.29, 1.82) is 0 Å². The van der Waals surface area contributed by atoms with E-state index in [4.69, 9.17) is 52.1 Å². The van der Waals surface area contributed by atoms with Gasteiger partial charge in [0.15, 0.2) is 6.10 Å². The van der Waals surface area contributed by atoms with Crippen LogP contribution in [0.2, 0.25) is 0 Å². The van der Waals surface area contributed by atoms with Crippen molar-refractivity contribution < 1.29 is 110 Å². The number of phosphoric ester groups is 1. The van der Waals surface area contributed by atoms with Crippen molar-refractivity contribution >= 4 is 19.8 Å². The summed E-state index contributed by atoms with van der Waals surface area (Å²) in [6.07, 6.45) is -56.0. The number of allylic oxidation sites excluding steroid dienone is 2. The summed E-state index contributed by atoms with van der Waals surface area (Å²) < 4.78 is 277. The van der Waals surface area contributed by atoms with Crippen LogP contribution in [0.5, 0.6) is 0 Å². The molecule has 0 aliphatic carbocycles. The molecular formula is C37H70NaO8P. The summed E-state index contributed by atoms with van der Waals surface area (Å²) in [5.74, 6) is -3.61. The first kappa shape index (κ1) is 17.1. The Hall–Kier alpha value is -0.210. The Balaban J connectivity index is 0. The van der Waals surface area contributed by atoms with Crippen molar-refractivity contribution in [2.75, 3.05) is 13.2 Å². The van der Waals surface area contributed by atoms with Crippen molar-refractivity contribution in [2.24, 2.45) is 0 Å². The summed E-state index contributed by atoms with van der Waals surface area (Å²) >= 11 is 0. The van der Waals surface area contributed by atoms with Crippen LogP contribution in [0.1, 0.15) is 235 Å². The van der Waals surface area contributed by atoms with E-state index in [2.05, 4.69) is 28.3 Å². The molecule has 10 heteroatoms. The molecule has 0 spiro atoms. The number of esters is 2. The fourth-order valence-electron chi connectivity index (χ4n) is 3.51. The van der Waals surface area contributed by atoms with Crippen LogP contribution in [0.25, 0.3) is 0 Å². The fourth-order valence-corrected chi connectivity index (χ4v) is 3.86. The zero-order valence-electron chi connectivity index (χ0n) is 58.3. The Kier molecular flexibility index (Phi) is 13.5. The van der Waals surface area contributed by atoms with Gasteiger partial charge in [-0.05, 0) is 38.5 Å². The van der Waals surface area contributed by atoms with Crippen LogP contribution in [-0.2, 0) is 28.2 Å². The second-order valence-corrected chi connectivity index (χ2v) is 10.8.